The molecule has 0 fully saturated rings. The highest BCUT2D eigenvalue weighted by molar-refractivity contribution is 7.98. The Morgan fingerprint density at radius 2 is 2.08 bits per heavy atom. The van der Waals surface area contributed by atoms with E-state index in [0.717, 1.165) is 11.5 Å². The Labute approximate surface area is 152 Å². The van der Waals surface area contributed by atoms with Gasteiger partial charge in [-0.25, -0.2) is 0 Å². The quantitative estimate of drug-likeness (QED) is 0.690. The van der Waals surface area contributed by atoms with Gasteiger partial charge in [0.25, 0.3) is 5.91 Å². The molecule has 0 saturated carbocycles. The summed E-state index contributed by atoms with van der Waals surface area (Å²) in [6.07, 6.45) is 0. The molecule has 2 rings (SSSR count). The molecule has 0 radical (unpaired) electrons. The molecule has 0 heterocycles. The predicted octanol–water partition coefficient (Wildman–Crippen LogP) is 4.71. The number of ether oxygens (including phenoxy) is 1. The fraction of sp³-hybridized carbons (Fsp3) is 0.316. The van der Waals surface area contributed by atoms with Crippen molar-refractivity contribution < 1.29 is 9.53 Å². The zero-order valence-electron chi connectivity index (χ0n) is 14.0. The van der Waals surface area contributed by atoms with Crippen molar-refractivity contribution >= 4 is 29.3 Å². The van der Waals surface area contributed by atoms with Crippen LogP contribution in [0.15, 0.2) is 42.5 Å². The molecule has 0 bridgehead atoms. The third-order valence-electron chi connectivity index (χ3n) is 3.38. The van der Waals surface area contributed by atoms with E-state index in [2.05, 4.69) is 36.5 Å². The number of hydrogen-bond acceptors (Lipinski definition) is 3. The molecule has 0 saturated heterocycles. The van der Waals surface area contributed by atoms with Gasteiger partial charge in [0, 0.05) is 23.6 Å². The van der Waals surface area contributed by atoms with Crippen LogP contribution < -0.4 is 10.1 Å². The maximum Gasteiger partial charge on any atom is 0.251 e. The van der Waals surface area contributed by atoms with Gasteiger partial charge in [0.05, 0.1) is 11.6 Å². The monoisotopic (exact) mass is 363 g/mol. The Balaban J connectivity index is 1.74. The molecule has 24 heavy (non-hydrogen) atoms. The average Bonchev–Trinajstić information content (AvgIpc) is 2.56. The van der Waals surface area contributed by atoms with E-state index in [-0.39, 0.29) is 5.91 Å². The number of benzene rings is 2. The number of thioether (sulfide) groups is 1. The van der Waals surface area contributed by atoms with Crippen molar-refractivity contribution in [1.82, 2.24) is 5.32 Å². The van der Waals surface area contributed by atoms with Gasteiger partial charge < -0.3 is 10.1 Å². The normalized spacial score (nSPS) is 10.5. The van der Waals surface area contributed by atoms with E-state index < -0.39 is 0 Å². The van der Waals surface area contributed by atoms with Crippen LogP contribution in [0.4, 0.5) is 0 Å². The summed E-state index contributed by atoms with van der Waals surface area (Å²) < 4.78 is 5.37. The van der Waals surface area contributed by atoms with Gasteiger partial charge in [-0.3, -0.25) is 4.79 Å². The molecular weight excluding hydrogens is 342 g/mol. The Morgan fingerprint density at radius 3 is 2.79 bits per heavy atom. The van der Waals surface area contributed by atoms with Crippen molar-refractivity contribution in [1.29, 1.82) is 0 Å². The molecule has 0 spiro atoms. The molecule has 3 nitrogen and oxygen atoms in total. The van der Waals surface area contributed by atoms with Gasteiger partial charge in [-0.15, -0.1) is 0 Å². The van der Waals surface area contributed by atoms with E-state index in [1.54, 1.807) is 30.0 Å². The van der Waals surface area contributed by atoms with Crippen LogP contribution in [0, 0.1) is 6.92 Å². The lowest BCUT2D eigenvalue weighted by Crippen LogP contribution is -2.25. The fourth-order valence-electron chi connectivity index (χ4n) is 2.25. The first-order chi connectivity index (χ1) is 11.6. The van der Waals surface area contributed by atoms with E-state index in [1.165, 1.54) is 11.1 Å². The molecule has 0 unspecified atom stereocenters. The van der Waals surface area contributed by atoms with E-state index in [9.17, 15) is 4.79 Å². The molecule has 2 aromatic carbocycles. The molecule has 0 aliphatic rings. The molecule has 0 atom stereocenters. The Hall–Kier alpha value is -1.65. The van der Waals surface area contributed by atoms with Gasteiger partial charge >= 0.3 is 0 Å². The first-order valence-electron chi connectivity index (χ1n) is 7.94. The van der Waals surface area contributed by atoms with E-state index in [0.29, 0.717) is 29.5 Å². The fourth-order valence-corrected chi connectivity index (χ4v) is 3.29. The molecule has 128 valence electrons. The highest BCUT2D eigenvalue weighted by Gasteiger charge is 2.08. The van der Waals surface area contributed by atoms with Crippen LogP contribution in [0.1, 0.15) is 28.4 Å². The van der Waals surface area contributed by atoms with Crippen molar-refractivity contribution in [2.24, 2.45) is 0 Å². The van der Waals surface area contributed by atoms with Crippen LogP contribution in [-0.2, 0) is 5.75 Å². The molecular formula is C19H22ClNO2S. The number of rotatable bonds is 8. The van der Waals surface area contributed by atoms with Crippen molar-refractivity contribution in [3.63, 3.8) is 0 Å². The number of carbonyl (C=O) groups excluding carboxylic acids is 1. The zero-order valence-corrected chi connectivity index (χ0v) is 15.5. The van der Waals surface area contributed by atoms with Gasteiger partial charge in [0.15, 0.2) is 0 Å². The van der Waals surface area contributed by atoms with Crippen LogP contribution >= 0.6 is 23.4 Å². The van der Waals surface area contributed by atoms with Crippen molar-refractivity contribution in [3.05, 3.63) is 64.2 Å². The predicted molar refractivity (Wildman–Crippen MR) is 102 cm³/mol. The Kier molecular flexibility index (Phi) is 7.47. The molecule has 5 heteroatoms. The van der Waals surface area contributed by atoms with Crippen LogP contribution in [-0.4, -0.2) is 24.8 Å². The van der Waals surface area contributed by atoms with E-state index >= 15 is 0 Å². The number of halogens is 1. The summed E-state index contributed by atoms with van der Waals surface area (Å²) in [5.74, 6) is 2.30. The number of amides is 1. The van der Waals surface area contributed by atoms with Gasteiger partial charge in [-0.05, 0) is 37.6 Å². The lowest BCUT2D eigenvalue weighted by atomic mass is 10.2. The first-order valence-corrected chi connectivity index (χ1v) is 9.47. The lowest BCUT2D eigenvalue weighted by Gasteiger charge is -2.09. The summed E-state index contributed by atoms with van der Waals surface area (Å²) in [6.45, 7) is 5.16. The van der Waals surface area contributed by atoms with Crippen molar-refractivity contribution in [2.45, 2.75) is 19.6 Å². The summed E-state index contributed by atoms with van der Waals surface area (Å²) in [7, 11) is 0. The summed E-state index contributed by atoms with van der Waals surface area (Å²) in [5, 5.41) is 3.37. The minimum atomic E-state index is -0.115. The topological polar surface area (TPSA) is 38.3 Å². The standard InChI is InChI=1S/C19H22ClNO2S/c1-3-23-18-8-7-16(12-17(18)20)19(22)21-9-10-24-13-15-6-4-5-14(2)11-15/h4-8,11-12H,3,9-10,13H2,1-2H3,(H,21,22). The zero-order chi connectivity index (χ0) is 17.4. The summed E-state index contributed by atoms with van der Waals surface area (Å²) in [5.41, 5.74) is 3.13. The molecule has 0 aliphatic carbocycles. The summed E-state index contributed by atoms with van der Waals surface area (Å²) >= 11 is 7.91. The second-order valence-electron chi connectivity index (χ2n) is 5.38. The van der Waals surface area contributed by atoms with Crippen molar-refractivity contribution in [2.75, 3.05) is 18.9 Å². The lowest BCUT2D eigenvalue weighted by molar-refractivity contribution is 0.0956. The second kappa shape index (κ2) is 9.60. The first kappa shape index (κ1) is 18.7. The van der Waals surface area contributed by atoms with Crippen LogP contribution in [0.2, 0.25) is 5.02 Å². The molecule has 1 amide bonds. The highest BCUT2D eigenvalue weighted by Crippen LogP contribution is 2.25. The smallest absolute Gasteiger partial charge is 0.251 e. The van der Waals surface area contributed by atoms with Gasteiger partial charge in [-0.2, -0.15) is 11.8 Å². The highest BCUT2D eigenvalue weighted by atomic mass is 35.5. The van der Waals surface area contributed by atoms with Gasteiger partial charge in [0.2, 0.25) is 0 Å². The number of aryl methyl sites for hydroxylation is 1. The summed E-state index contributed by atoms with van der Waals surface area (Å²) in [6, 6.07) is 13.6. The largest absolute Gasteiger partial charge is 0.492 e. The van der Waals surface area contributed by atoms with Crippen molar-refractivity contribution in [3.8, 4) is 5.75 Å². The minimum Gasteiger partial charge on any atom is -0.492 e. The van der Waals surface area contributed by atoms with Crippen LogP contribution in [0.25, 0.3) is 0 Å². The third kappa shape index (κ3) is 5.77. The maximum absolute atomic E-state index is 12.1. The van der Waals surface area contributed by atoms with E-state index in [1.807, 2.05) is 6.92 Å². The number of carbonyl (C=O) groups is 1. The van der Waals surface area contributed by atoms with E-state index in [4.69, 9.17) is 16.3 Å². The minimum absolute atomic E-state index is 0.115. The molecule has 0 aromatic heterocycles. The second-order valence-corrected chi connectivity index (χ2v) is 6.89. The molecule has 1 N–H and O–H groups in total. The molecule has 0 aliphatic heterocycles. The molecule has 2 aromatic rings. The van der Waals surface area contributed by atoms with Crippen LogP contribution in [0.5, 0.6) is 5.75 Å². The van der Waals surface area contributed by atoms with Gasteiger partial charge in [-0.1, -0.05) is 41.4 Å². The van der Waals surface area contributed by atoms with Crippen LogP contribution in [0.3, 0.4) is 0 Å². The summed E-state index contributed by atoms with van der Waals surface area (Å²) in [4.78, 5) is 12.1. The third-order valence-corrected chi connectivity index (χ3v) is 4.70. The Morgan fingerprint density at radius 1 is 1.25 bits per heavy atom. The SMILES string of the molecule is CCOc1ccc(C(=O)NCCSCc2cccc(C)c2)cc1Cl. The number of nitrogens with one attached hydrogen (secondary N) is 1. The average molecular weight is 364 g/mol. The maximum atomic E-state index is 12.1. The Bertz CT molecular complexity index is 691. The van der Waals surface area contributed by atoms with Gasteiger partial charge in [0.1, 0.15) is 5.75 Å². The number of hydrogen-bond donors (Lipinski definition) is 1.